The Labute approximate surface area is 143 Å². The average Bonchev–Trinajstić information content (AvgIpc) is 3.09. The molecule has 0 aliphatic carbocycles. The standard InChI is InChI=1S/C17H29N5O2/c1-10(2)15-19-20-16-12(4)21(6-7-22(15)16)17(23)18-9-14-8-11(3)24-13(14)5/h10-14H,6-9H2,1-5H3,(H,18,23). The minimum absolute atomic E-state index is 0.0189. The van der Waals surface area contributed by atoms with Gasteiger partial charge in [0.1, 0.15) is 5.82 Å². The van der Waals surface area contributed by atoms with Gasteiger partial charge < -0.3 is 19.5 Å². The van der Waals surface area contributed by atoms with Gasteiger partial charge in [0.25, 0.3) is 0 Å². The molecule has 4 unspecified atom stereocenters. The van der Waals surface area contributed by atoms with Crippen LogP contribution in [0.25, 0.3) is 0 Å². The highest BCUT2D eigenvalue weighted by atomic mass is 16.5. The molecule has 4 atom stereocenters. The van der Waals surface area contributed by atoms with E-state index < -0.39 is 0 Å². The van der Waals surface area contributed by atoms with Crippen LogP contribution in [0.5, 0.6) is 0 Å². The quantitative estimate of drug-likeness (QED) is 0.920. The molecule has 0 radical (unpaired) electrons. The molecule has 0 saturated carbocycles. The zero-order valence-electron chi connectivity index (χ0n) is 15.3. The minimum atomic E-state index is -0.0603. The predicted octanol–water partition coefficient (Wildman–Crippen LogP) is 2.30. The third-order valence-corrected chi connectivity index (χ3v) is 5.25. The molecule has 1 N–H and O–H groups in total. The van der Waals surface area contributed by atoms with Crippen LogP contribution in [0.3, 0.4) is 0 Å². The van der Waals surface area contributed by atoms with Crippen molar-refractivity contribution in [1.29, 1.82) is 0 Å². The average molecular weight is 335 g/mol. The monoisotopic (exact) mass is 335 g/mol. The number of carbonyl (C=O) groups is 1. The van der Waals surface area contributed by atoms with Crippen molar-refractivity contribution in [3.63, 3.8) is 0 Å². The first-order valence-corrected chi connectivity index (χ1v) is 9.01. The number of urea groups is 1. The molecule has 1 aromatic heterocycles. The summed E-state index contributed by atoms with van der Waals surface area (Å²) in [7, 11) is 0. The normalized spacial score (nSPS) is 29.8. The van der Waals surface area contributed by atoms with Crippen LogP contribution in [0.4, 0.5) is 4.79 Å². The van der Waals surface area contributed by atoms with Gasteiger partial charge in [0, 0.05) is 31.5 Å². The maximum absolute atomic E-state index is 12.6. The van der Waals surface area contributed by atoms with Gasteiger partial charge in [-0.2, -0.15) is 0 Å². The molecule has 2 aliphatic heterocycles. The minimum Gasteiger partial charge on any atom is -0.375 e. The maximum Gasteiger partial charge on any atom is 0.318 e. The fourth-order valence-corrected chi connectivity index (χ4v) is 3.83. The molecule has 1 saturated heterocycles. The molecule has 3 rings (SSSR count). The summed E-state index contributed by atoms with van der Waals surface area (Å²) >= 11 is 0. The molecule has 1 fully saturated rings. The Balaban J connectivity index is 1.62. The van der Waals surface area contributed by atoms with Crippen molar-refractivity contribution < 1.29 is 9.53 Å². The summed E-state index contributed by atoms with van der Waals surface area (Å²) in [6.07, 6.45) is 1.49. The van der Waals surface area contributed by atoms with E-state index in [9.17, 15) is 4.79 Å². The second-order valence-electron chi connectivity index (χ2n) is 7.43. The van der Waals surface area contributed by atoms with E-state index in [2.05, 4.69) is 47.8 Å². The number of carbonyl (C=O) groups excluding carboxylic acids is 1. The molecule has 0 bridgehead atoms. The van der Waals surface area contributed by atoms with Crippen LogP contribution in [0.15, 0.2) is 0 Å². The van der Waals surface area contributed by atoms with Gasteiger partial charge >= 0.3 is 6.03 Å². The van der Waals surface area contributed by atoms with Crippen molar-refractivity contribution in [2.24, 2.45) is 5.92 Å². The van der Waals surface area contributed by atoms with Gasteiger partial charge in [-0.3, -0.25) is 0 Å². The highest BCUT2D eigenvalue weighted by molar-refractivity contribution is 5.74. The predicted molar refractivity (Wildman–Crippen MR) is 90.7 cm³/mol. The number of rotatable bonds is 3. The van der Waals surface area contributed by atoms with Crippen LogP contribution in [0.2, 0.25) is 0 Å². The molecule has 0 spiro atoms. The number of aromatic nitrogens is 3. The van der Waals surface area contributed by atoms with Crippen LogP contribution in [0.1, 0.15) is 64.6 Å². The van der Waals surface area contributed by atoms with Crippen LogP contribution in [-0.4, -0.2) is 51.0 Å². The molecule has 2 aliphatic rings. The van der Waals surface area contributed by atoms with Gasteiger partial charge in [-0.25, -0.2) is 4.79 Å². The lowest BCUT2D eigenvalue weighted by Gasteiger charge is -2.34. The van der Waals surface area contributed by atoms with Crippen LogP contribution in [-0.2, 0) is 11.3 Å². The number of hydrogen-bond donors (Lipinski definition) is 1. The summed E-state index contributed by atoms with van der Waals surface area (Å²) in [4.78, 5) is 14.5. The number of nitrogens with zero attached hydrogens (tertiary/aromatic N) is 4. The number of fused-ring (bicyclic) bond motifs is 1. The fraction of sp³-hybridized carbons (Fsp3) is 0.824. The molecular formula is C17H29N5O2. The zero-order valence-corrected chi connectivity index (χ0v) is 15.3. The first-order valence-electron chi connectivity index (χ1n) is 9.01. The van der Waals surface area contributed by atoms with Gasteiger partial charge in [0.05, 0.1) is 18.2 Å². The van der Waals surface area contributed by atoms with Gasteiger partial charge in [-0.1, -0.05) is 13.8 Å². The SMILES string of the molecule is CC1CC(CNC(=O)N2CCn3c(C(C)C)nnc3C2C)C(C)O1. The van der Waals surface area contributed by atoms with Crippen molar-refractivity contribution in [1.82, 2.24) is 25.0 Å². The smallest absolute Gasteiger partial charge is 0.318 e. The number of hydrogen-bond acceptors (Lipinski definition) is 4. The molecule has 2 amide bonds. The Kier molecular flexibility index (Phi) is 4.80. The first kappa shape index (κ1) is 17.2. The molecule has 3 heterocycles. The molecule has 134 valence electrons. The number of nitrogens with one attached hydrogen (secondary N) is 1. The van der Waals surface area contributed by atoms with Crippen LogP contribution < -0.4 is 5.32 Å². The molecule has 7 nitrogen and oxygen atoms in total. The zero-order chi connectivity index (χ0) is 17.4. The van der Waals surface area contributed by atoms with Crippen molar-refractivity contribution in [2.75, 3.05) is 13.1 Å². The molecule has 0 aromatic carbocycles. The maximum atomic E-state index is 12.6. The summed E-state index contributed by atoms with van der Waals surface area (Å²) in [5, 5.41) is 11.7. The molecule has 1 aromatic rings. The Morgan fingerprint density at radius 2 is 2.04 bits per heavy atom. The Hall–Kier alpha value is -1.63. The lowest BCUT2D eigenvalue weighted by atomic mass is 10.0. The lowest BCUT2D eigenvalue weighted by Crippen LogP contribution is -2.48. The summed E-state index contributed by atoms with van der Waals surface area (Å²) in [6, 6.07) is -0.0791. The van der Waals surface area contributed by atoms with E-state index in [1.54, 1.807) is 0 Å². The third-order valence-electron chi connectivity index (χ3n) is 5.25. The Morgan fingerprint density at radius 3 is 2.67 bits per heavy atom. The van der Waals surface area contributed by atoms with Crippen molar-refractivity contribution in [3.05, 3.63) is 11.6 Å². The van der Waals surface area contributed by atoms with E-state index in [-0.39, 0.29) is 24.3 Å². The van der Waals surface area contributed by atoms with Crippen LogP contribution in [0, 0.1) is 5.92 Å². The molecular weight excluding hydrogens is 306 g/mol. The third kappa shape index (κ3) is 3.14. The summed E-state index contributed by atoms with van der Waals surface area (Å²) in [5.41, 5.74) is 0. The van der Waals surface area contributed by atoms with Crippen molar-refractivity contribution in [3.8, 4) is 0 Å². The highest BCUT2D eigenvalue weighted by Crippen LogP contribution is 2.28. The number of amides is 2. The van der Waals surface area contributed by atoms with E-state index >= 15 is 0 Å². The largest absolute Gasteiger partial charge is 0.375 e. The number of ether oxygens (including phenoxy) is 1. The Bertz CT molecular complexity index is 600. The van der Waals surface area contributed by atoms with E-state index in [0.29, 0.717) is 24.9 Å². The van der Waals surface area contributed by atoms with Gasteiger partial charge in [0.15, 0.2) is 5.82 Å². The summed E-state index contributed by atoms with van der Waals surface area (Å²) < 4.78 is 7.92. The van der Waals surface area contributed by atoms with Crippen molar-refractivity contribution >= 4 is 6.03 Å². The fourth-order valence-electron chi connectivity index (χ4n) is 3.83. The van der Waals surface area contributed by atoms with Crippen LogP contribution >= 0.6 is 0 Å². The topological polar surface area (TPSA) is 72.3 Å². The second kappa shape index (κ2) is 6.70. The van der Waals surface area contributed by atoms with Gasteiger partial charge in [-0.05, 0) is 27.2 Å². The van der Waals surface area contributed by atoms with E-state index in [1.165, 1.54) is 0 Å². The van der Waals surface area contributed by atoms with E-state index in [1.807, 2.05) is 11.8 Å². The highest BCUT2D eigenvalue weighted by Gasteiger charge is 2.33. The lowest BCUT2D eigenvalue weighted by molar-refractivity contribution is 0.0560. The second-order valence-corrected chi connectivity index (χ2v) is 7.43. The summed E-state index contributed by atoms with van der Waals surface area (Å²) in [5.74, 6) is 2.61. The Morgan fingerprint density at radius 1 is 1.29 bits per heavy atom. The summed E-state index contributed by atoms with van der Waals surface area (Å²) in [6.45, 7) is 12.5. The van der Waals surface area contributed by atoms with Crippen molar-refractivity contribution in [2.45, 2.75) is 71.8 Å². The van der Waals surface area contributed by atoms with E-state index in [0.717, 1.165) is 24.6 Å². The van der Waals surface area contributed by atoms with Gasteiger partial charge in [-0.15, -0.1) is 10.2 Å². The first-order chi connectivity index (χ1) is 11.4. The molecule has 24 heavy (non-hydrogen) atoms. The van der Waals surface area contributed by atoms with Gasteiger partial charge in [0.2, 0.25) is 0 Å². The van der Waals surface area contributed by atoms with E-state index in [4.69, 9.17) is 4.74 Å². The molecule has 7 heteroatoms.